The molecule has 0 unspecified atom stereocenters. The van der Waals surface area contributed by atoms with Gasteiger partial charge in [-0.2, -0.15) is 9.67 Å². The van der Waals surface area contributed by atoms with Crippen LogP contribution in [0.15, 0.2) is 35.5 Å². The third-order valence-electron chi connectivity index (χ3n) is 4.75. The molecule has 0 bridgehead atoms. The molecule has 0 saturated heterocycles. The average Bonchev–Trinajstić information content (AvgIpc) is 3.53. The normalized spacial score (nSPS) is 14.8. The Morgan fingerprint density at radius 2 is 1.88 bits per heavy atom. The van der Waals surface area contributed by atoms with Gasteiger partial charge in [0.2, 0.25) is 0 Å². The topological polar surface area (TPSA) is 129 Å². The molecule has 1 N–H and O–H groups in total. The van der Waals surface area contributed by atoms with Gasteiger partial charge in [0.05, 0.1) is 40.7 Å². The van der Waals surface area contributed by atoms with Crippen LogP contribution < -0.4 is 10.1 Å². The number of rotatable bonds is 7. The number of carbonyl (C=O) groups excluding carboxylic acids is 1. The summed E-state index contributed by atoms with van der Waals surface area (Å²) in [7, 11) is -2.10. The van der Waals surface area contributed by atoms with Gasteiger partial charge in [0.1, 0.15) is 0 Å². The first kappa shape index (κ1) is 22.4. The van der Waals surface area contributed by atoms with E-state index in [0.29, 0.717) is 23.7 Å². The van der Waals surface area contributed by atoms with Gasteiger partial charge in [0.25, 0.3) is 11.9 Å². The second-order valence-electron chi connectivity index (χ2n) is 7.18. The third kappa shape index (κ3) is 4.54. The van der Waals surface area contributed by atoms with E-state index in [1.807, 2.05) is 0 Å². The van der Waals surface area contributed by atoms with Crippen LogP contribution >= 0.6 is 23.2 Å². The van der Waals surface area contributed by atoms with Crippen LogP contribution in [0.4, 0.5) is 0 Å². The summed E-state index contributed by atoms with van der Waals surface area (Å²) in [4.78, 5) is 25.4. The predicted molar refractivity (Wildman–Crippen MR) is 116 cm³/mol. The number of amides is 1. The number of nitrogens with zero attached hydrogens (tertiary/aromatic N) is 5. The van der Waals surface area contributed by atoms with Crippen molar-refractivity contribution < 1.29 is 17.9 Å². The lowest BCUT2D eigenvalue weighted by molar-refractivity contribution is 0.0937. The molecule has 1 fully saturated rings. The first-order valence-corrected chi connectivity index (χ1v) is 11.8. The summed E-state index contributed by atoms with van der Waals surface area (Å²) >= 11 is 12.0. The van der Waals surface area contributed by atoms with Crippen LogP contribution in [0.25, 0.3) is 5.95 Å². The minimum absolute atomic E-state index is 0.0321. The number of sulfone groups is 1. The van der Waals surface area contributed by atoms with E-state index in [4.69, 9.17) is 27.9 Å². The van der Waals surface area contributed by atoms with Crippen LogP contribution in [-0.4, -0.2) is 51.4 Å². The molecule has 1 amide bonds. The highest BCUT2D eigenvalue weighted by molar-refractivity contribution is 7.92. The van der Waals surface area contributed by atoms with Crippen LogP contribution in [0.2, 0.25) is 10.0 Å². The fraction of sp³-hybridized carbons (Fsp3) is 0.316. The van der Waals surface area contributed by atoms with Gasteiger partial charge in [-0.05, 0) is 38.0 Å². The summed E-state index contributed by atoms with van der Waals surface area (Å²) in [6.45, 7) is 1.68. The Morgan fingerprint density at radius 3 is 2.50 bits per heavy atom. The van der Waals surface area contributed by atoms with Crippen molar-refractivity contribution in [2.24, 2.45) is 0 Å². The molecule has 4 rings (SSSR count). The fourth-order valence-corrected chi connectivity index (χ4v) is 5.13. The number of aromatic nitrogens is 5. The molecule has 2 heterocycles. The molecule has 3 aromatic rings. The average molecular weight is 497 g/mol. The van der Waals surface area contributed by atoms with Crippen LogP contribution in [0.5, 0.6) is 6.01 Å². The number of hydrogen-bond donors (Lipinski definition) is 1. The van der Waals surface area contributed by atoms with Gasteiger partial charge >= 0.3 is 6.01 Å². The number of hydrogen-bond acceptors (Lipinski definition) is 8. The minimum Gasteiger partial charge on any atom is -0.466 e. The highest BCUT2D eigenvalue weighted by Crippen LogP contribution is 2.34. The first-order chi connectivity index (χ1) is 15.2. The van der Waals surface area contributed by atoms with E-state index < -0.39 is 27.0 Å². The summed E-state index contributed by atoms with van der Waals surface area (Å²) in [5.41, 5.74) is 0.115. The van der Waals surface area contributed by atoms with Crippen molar-refractivity contribution in [1.82, 2.24) is 30.0 Å². The summed E-state index contributed by atoms with van der Waals surface area (Å²) in [5, 5.41) is 7.04. The lowest BCUT2D eigenvalue weighted by atomic mass is 10.2. The van der Waals surface area contributed by atoms with Crippen molar-refractivity contribution in [2.45, 2.75) is 36.0 Å². The second-order valence-corrected chi connectivity index (χ2v) is 10.3. The van der Waals surface area contributed by atoms with Crippen LogP contribution in [0.1, 0.15) is 42.0 Å². The van der Waals surface area contributed by atoms with E-state index in [1.54, 1.807) is 6.92 Å². The van der Waals surface area contributed by atoms with Crippen molar-refractivity contribution in [1.29, 1.82) is 0 Å². The maximum absolute atomic E-state index is 12.9. The van der Waals surface area contributed by atoms with E-state index in [2.05, 4.69) is 25.4 Å². The zero-order valence-electron chi connectivity index (χ0n) is 17.0. The molecule has 1 atom stereocenters. The molecular weight excluding hydrogens is 479 g/mol. The Hall–Kier alpha value is -2.76. The number of nitrogens with one attached hydrogen (secondary N) is 1. The summed E-state index contributed by atoms with van der Waals surface area (Å²) in [6, 6.07) is 3.48. The molecule has 10 nitrogen and oxygen atoms in total. The van der Waals surface area contributed by atoms with Gasteiger partial charge in [-0.3, -0.25) is 4.79 Å². The van der Waals surface area contributed by atoms with Crippen LogP contribution in [0.3, 0.4) is 0 Å². The fourth-order valence-electron chi connectivity index (χ4n) is 3.01. The Labute approximate surface area is 193 Å². The van der Waals surface area contributed by atoms with Crippen molar-refractivity contribution in [3.05, 3.63) is 52.0 Å². The van der Waals surface area contributed by atoms with E-state index in [1.165, 1.54) is 42.4 Å². The monoisotopic (exact) mass is 496 g/mol. The highest BCUT2D eigenvalue weighted by atomic mass is 35.5. The predicted octanol–water partition coefficient (Wildman–Crippen LogP) is 2.80. The number of methoxy groups -OCH3 is 1. The number of halogens is 2. The van der Waals surface area contributed by atoms with Crippen molar-refractivity contribution in [2.75, 3.05) is 7.11 Å². The van der Waals surface area contributed by atoms with Gasteiger partial charge < -0.3 is 10.1 Å². The van der Waals surface area contributed by atoms with Gasteiger partial charge in [-0.15, -0.1) is 5.10 Å². The molecule has 1 aromatic carbocycles. The quantitative estimate of drug-likeness (QED) is 0.528. The van der Waals surface area contributed by atoms with E-state index in [-0.39, 0.29) is 27.4 Å². The lowest BCUT2D eigenvalue weighted by Crippen LogP contribution is -2.29. The van der Waals surface area contributed by atoms with E-state index in [9.17, 15) is 13.2 Å². The largest absolute Gasteiger partial charge is 0.466 e. The Morgan fingerprint density at radius 1 is 1.19 bits per heavy atom. The SMILES string of the molecule is COc1nc([C@H](C)NC(=O)c2cc(Cl)cc(S(=O)(=O)C3CC3)c2)n(-c2ncc(Cl)cn2)n1. The molecule has 1 saturated carbocycles. The molecule has 32 heavy (non-hydrogen) atoms. The first-order valence-electron chi connectivity index (χ1n) is 9.53. The zero-order chi connectivity index (χ0) is 23.0. The summed E-state index contributed by atoms with van der Waals surface area (Å²) in [6.07, 6.45) is 4.02. The molecular formula is C19H18Cl2N6O4S. The van der Waals surface area contributed by atoms with Crippen molar-refractivity contribution in [3.8, 4) is 12.0 Å². The molecule has 0 radical (unpaired) electrons. The summed E-state index contributed by atoms with van der Waals surface area (Å²) in [5.74, 6) is -0.0509. The number of ether oxygens (including phenoxy) is 1. The van der Waals surface area contributed by atoms with Crippen molar-refractivity contribution >= 4 is 38.9 Å². The molecule has 168 valence electrons. The molecule has 13 heteroatoms. The highest BCUT2D eigenvalue weighted by Gasteiger charge is 2.37. The Bertz CT molecular complexity index is 1280. The number of carbonyl (C=O) groups is 1. The summed E-state index contributed by atoms with van der Waals surface area (Å²) < 4.78 is 31.6. The van der Waals surface area contributed by atoms with Crippen molar-refractivity contribution in [3.63, 3.8) is 0 Å². The Kier molecular flexibility index (Phi) is 6.06. The van der Waals surface area contributed by atoms with Crippen LogP contribution in [0, 0.1) is 0 Å². The zero-order valence-corrected chi connectivity index (χ0v) is 19.3. The van der Waals surface area contributed by atoms with Gasteiger partial charge in [0, 0.05) is 10.6 Å². The molecule has 0 aliphatic heterocycles. The number of benzene rings is 1. The minimum atomic E-state index is -3.51. The van der Waals surface area contributed by atoms with E-state index in [0.717, 1.165) is 0 Å². The lowest BCUT2D eigenvalue weighted by Gasteiger charge is -2.14. The molecule has 2 aromatic heterocycles. The molecule has 0 spiro atoms. The standard InChI is InChI=1S/C19H18Cl2N6O4S/c1-10(16-25-19(31-2)26-27(16)18-22-8-13(21)9-23-18)24-17(28)11-5-12(20)7-15(6-11)32(29,30)14-3-4-14/h5-10,14H,3-4H2,1-2H3,(H,24,28)/t10-/m0/s1. The second kappa shape index (κ2) is 8.64. The van der Waals surface area contributed by atoms with Crippen LogP contribution in [-0.2, 0) is 9.84 Å². The van der Waals surface area contributed by atoms with Gasteiger partial charge in [-0.1, -0.05) is 23.2 Å². The maximum Gasteiger partial charge on any atom is 0.335 e. The Balaban J connectivity index is 1.62. The molecule has 1 aliphatic rings. The van der Waals surface area contributed by atoms with E-state index >= 15 is 0 Å². The smallest absolute Gasteiger partial charge is 0.335 e. The van der Waals surface area contributed by atoms with Gasteiger partial charge in [0.15, 0.2) is 15.7 Å². The molecule has 1 aliphatic carbocycles. The maximum atomic E-state index is 12.9. The van der Waals surface area contributed by atoms with Gasteiger partial charge in [-0.25, -0.2) is 18.4 Å². The third-order valence-corrected chi connectivity index (χ3v) is 7.41.